The molecule has 3 unspecified atom stereocenters. The predicted molar refractivity (Wildman–Crippen MR) is 89.8 cm³/mol. The van der Waals surface area contributed by atoms with Crippen LogP contribution in [0.2, 0.25) is 0 Å². The van der Waals surface area contributed by atoms with E-state index >= 15 is 0 Å². The number of fused-ring (bicyclic) bond motifs is 1. The van der Waals surface area contributed by atoms with Gasteiger partial charge in [0.15, 0.2) is 0 Å². The molecule has 2 aliphatic rings. The number of carboxylic acids is 1. The third-order valence-corrected chi connectivity index (χ3v) is 5.52. The van der Waals surface area contributed by atoms with Gasteiger partial charge in [0.2, 0.25) is 0 Å². The molecule has 0 radical (unpaired) electrons. The highest BCUT2D eigenvalue weighted by molar-refractivity contribution is 5.74. The summed E-state index contributed by atoms with van der Waals surface area (Å²) in [7, 11) is 1.68. The Morgan fingerprint density at radius 3 is 2.96 bits per heavy atom. The summed E-state index contributed by atoms with van der Waals surface area (Å²) in [5.74, 6) is 0.849. The number of carbonyl (C=O) groups is 1. The fourth-order valence-corrected chi connectivity index (χ4v) is 4.41. The van der Waals surface area contributed by atoms with E-state index < -0.39 is 5.97 Å². The summed E-state index contributed by atoms with van der Waals surface area (Å²) in [6.07, 6.45) is 7.72. The Labute approximate surface area is 138 Å². The van der Waals surface area contributed by atoms with E-state index in [9.17, 15) is 9.90 Å². The predicted octanol–water partition coefficient (Wildman–Crippen LogP) is 3.35. The van der Waals surface area contributed by atoms with E-state index in [-0.39, 0.29) is 6.04 Å². The molecule has 1 aromatic carbocycles. The molecule has 4 heteroatoms. The van der Waals surface area contributed by atoms with Crippen molar-refractivity contribution in [3.05, 3.63) is 29.8 Å². The number of hydrogen-bond acceptors (Lipinski definition) is 3. The van der Waals surface area contributed by atoms with Crippen LogP contribution in [-0.2, 0) is 11.2 Å². The van der Waals surface area contributed by atoms with Crippen molar-refractivity contribution < 1.29 is 14.6 Å². The first kappa shape index (κ1) is 16.3. The highest BCUT2D eigenvalue weighted by atomic mass is 16.5. The van der Waals surface area contributed by atoms with Gasteiger partial charge in [-0.3, -0.25) is 9.69 Å². The zero-order valence-electron chi connectivity index (χ0n) is 13.9. The Morgan fingerprint density at radius 2 is 2.17 bits per heavy atom. The number of hydrogen-bond donors (Lipinski definition) is 1. The number of aryl methyl sites for hydroxylation is 1. The lowest BCUT2D eigenvalue weighted by Gasteiger charge is -2.33. The average Bonchev–Trinajstić information content (AvgIpc) is 2.94. The molecule has 0 amide bonds. The number of aliphatic carboxylic acids is 1. The average molecular weight is 317 g/mol. The van der Waals surface area contributed by atoms with Crippen LogP contribution in [0.5, 0.6) is 5.75 Å². The van der Waals surface area contributed by atoms with Crippen LogP contribution in [0.1, 0.15) is 44.1 Å². The maximum atomic E-state index is 11.6. The van der Waals surface area contributed by atoms with Crippen LogP contribution in [0.15, 0.2) is 24.3 Å². The summed E-state index contributed by atoms with van der Waals surface area (Å²) >= 11 is 0. The molecule has 126 valence electrons. The van der Waals surface area contributed by atoms with Gasteiger partial charge in [0.25, 0.3) is 0 Å². The second-order valence-electron chi connectivity index (χ2n) is 6.89. The first-order valence-corrected chi connectivity index (χ1v) is 8.80. The summed E-state index contributed by atoms with van der Waals surface area (Å²) in [4.78, 5) is 13.9. The van der Waals surface area contributed by atoms with Crippen LogP contribution < -0.4 is 4.74 Å². The molecule has 4 nitrogen and oxygen atoms in total. The van der Waals surface area contributed by atoms with Crippen LogP contribution in [-0.4, -0.2) is 41.7 Å². The second kappa shape index (κ2) is 7.35. The van der Waals surface area contributed by atoms with Gasteiger partial charge in [-0.1, -0.05) is 25.0 Å². The van der Waals surface area contributed by atoms with Crippen molar-refractivity contribution in [2.45, 2.75) is 57.0 Å². The number of rotatable bonds is 6. The van der Waals surface area contributed by atoms with Gasteiger partial charge >= 0.3 is 5.97 Å². The van der Waals surface area contributed by atoms with E-state index in [2.05, 4.69) is 17.0 Å². The fraction of sp³-hybridized carbons (Fsp3) is 0.632. The van der Waals surface area contributed by atoms with Crippen molar-refractivity contribution in [3.63, 3.8) is 0 Å². The summed E-state index contributed by atoms with van der Waals surface area (Å²) in [5.41, 5.74) is 1.26. The lowest BCUT2D eigenvalue weighted by Crippen LogP contribution is -2.42. The van der Waals surface area contributed by atoms with Gasteiger partial charge < -0.3 is 9.84 Å². The molecule has 0 bridgehead atoms. The lowest BCUT2D eigenvalue weighted by atomic mass is 9.84. The van der Waals surface area contributed by atoms with E-state index in [4.69, 9.17) is 4.74 Å². The Balaban J connectivity index is 1.59. The molecular formula is C19H27NO3. The lowest BCUT2D eigenvalue weighted by molar-refractivity contribution is -0.142. The Hall–Kier alpha value is -1.55. The van der Waals surface area contributed by atoms with Gasteiger partial charge in [-0.15, -0.1) is 0 Å². The summed E-state index contributed by atoms with van der Waals surface area (Å²) < 4.78 is 5.27. The van der Waals surface area contributed by atoms with Crippen LogP contribution in [0, 0.1) is 5.92 Å². The maximum absolute atomic E-state index is 11.6. The normalized spacial score (nSPS) is 27.6. The molecule has 1 saturated carbocycles. The monoisotopic (exact) mass is 317 g/mol. The molecule has 0 spiro atoms. The highest BCUT2D eigenvalue weighted by Gasteiger charge is 2.44. The topological polar surface area (TPSA) is 49.8 Å². The number of methoxy groups -OCH3 is 1. The van der Waals surface area contributed by atoms with Crippen LogP contribution in [0.3, 0.4) is 0 Å². The van der Waals surface area contributed by atoms with E-state index in [1.54, 1.807) is 7.11 Å². The standard InChI is InChI=1S/C19H27NO3/c1-23-16-9-4-6-14(12-16)7-5-11-20-17-10-3-2-8-15(17)13-18(20)19(21)22/h4,6,9,12,15,17-18H,2-3,5,7-8,10-11,13H2,1H3,(H,21,22). The third kappa shape index (κ3) is 3.69. The van der Waals surface area contributed by atoms with Crippen molar-refractivity contribution >= 4 is 5.97 Å². The minimum Gasteiger partial charge on any atom is -0.497 e. The Kier molecular flexibility index (Phi) is 5.21. The first-order chi connectivity index (χ1) is 11.2. The van der Waals surface area contributed by atoms with E-state index in [1.807, 2.05) is 12.1 Å². The fourth-order valence-electron chi connectivity index (χ4n) is 4.41. The van der Waals surface area contributed by atoms with E-state index in [0.717, 1.165) is 31.6 Å². The molecule has 1 N–H and O–H groups in total. The largest absolute Gasteiger partial charge is 0.497 e. The SMILES string of the molecule is COc1cccc(CCCN2C(C(=O)O)CC3CCCCC32)c1. The molecule has 0 aromatic heterocycles. The number of ether oxygens (including phenoxy) is 1. The first-order valence-electron chi connectivity index (χ1n) is 8.80. The van der Waals surface area contributed by atoms with Crippen molar-refractivity contribution in [1.29, 1.82) is 0 Å². The zero-order valence-corrected chi connectivity index (χ0v) is 13.9. The molecule has 1 aliphatic heterocycles. The minimum atomic E-state index is -0.638. The number of likely N-dealkylation sites (tertiary alicyclic amines) is 1. The minimum absolute atomic E-state index is 0.270. The van der Waals surface area contributed by atoms with Crippen molar-refractivity contribution in [2.24, 2.45) is 5.92 Å². The zero-order chi connectivity index (χ0) is 16.2. The smallest absolute Gasteiger partial charge is 0.320 e. The molecule has 1 heterocycles. The summed E-state index contributed by atoms with van der Waals surface area (Å²) in [5, 5.41) is 9.56. The number of carboxylic acid groups (broad SMARTS) is 1. The van der Waals surface area contributed by atoms with Gasteiger partial charge in [0, 0.05) is 6.04 Å². The summed E-state index contributed by atoms with van der Waals surface area (Å²) in [6, 6.07) is 8.38. The summed E-state index contributed by atoms with van der Waals surface area (Å²) in [6.45, 7) is 0.884. The van der Waals surface area contributed by atoms with E-state index in [1.165, 1.54) is 31.2 Å². The van der Waals surface area contributed by atoms with Crippen LogP contribution in [0.4, 0.5) is 0 Å². The molecule has 1 saturated heterocycles. The Morgan fingerprint density at radius 1 is 1.35 bits per heavy atom. The van der Waals surface area contributed by atoms with Gasteiger partial charge in [0.05, 0.1) is 7.11 Å². The van der Waals surface area contributed by atoms with Gasteiger partial charge in [-0.25, -0.2) is 0 Å². The maximum Gasteiger partial charge on any atom is 0.320 e. The van der Waals surface area contributed by atoms with Gasteiger partial charge in [0.1, 0.15) is 11.8 Å². The van der Waals surface area contributed by atoms with Gasteiger partial charge in [-0.2, -0.15) is 0 Å². The van der Waals surface area contributed by atoms with Crippen molar-refractivity contribution in [1.82, 2.24) is 4.90 Å². The molecule has 3 rings (SSSR count). The number of benzene rings is 1. The molecule has 2 fully saturated rings. The molecule has 23 heavy (non-hydrogen) atoms. The number of nitrogens with zero attached hydrogens (tertiary/aromatic N) is 1. The highest BCUT2D eigenvalue weighted by Crippen LogP contribution is 2.39. The molecule has 1 aliphatic carbocycles. The third-order valence-electron chi connectivity index (χ3n) is 5.52. The Bertz CT molecular complexity index is 545. The van der Waals surface area contributed by atoms with E-state index in [0.29, 0.717) is 12.0 Å². The van der Waals surface area contributed by atoms with Gasteiger partial charge in [-0.05, 0) is 62.3 Å². The molecular weight excluding hydrogens is 290 g/mol. The molecule has 1 aromatic rings. The van der Waals surface area contributed by atoms with Crippen molar-refractivity contribution in [2.75, 3.05) is 13.7 Å². The van der Waals surface area contributed by atoms with Crippen LogP contribution >= 0.6 is 0 Å². The second-order valence-corrected chi connectivity index (χ2v) is 6.89. The molecule has 3 atom stereocenters. The van der Waals surface area contributed by atoms with Crippen molar-refractivity contribution in [3.8, 4) is 5.75 Å². The quantitative estimate of drug-likeness (QED) is 0.874. The van der Waals surface area contributed by atoms with Crippen LogP contribution in [0.25, 0.3) is 0 Å².